The number of nitrogens with zero attached hydrogens (tertiary/aromatic N) is 4. The molecule has 2 aromatic heterocycles. The monoisotopic (exact) mass is 442 g/mol. The molecule has 168 valence electrons. The summed E-state index contributed by atoms with van der Waals surface area (Å²) in [7, 11) is 1.58. The van der Waals surface area contributed by atoms with E-state index in [9.17, 15) is 4.91 Å². The molecule has 0 radical (unpaired) electrons. The second kappa shape index (κ2) is 10.3. The lowest BCUT2D eigenvalue weighted by atomic mass is 9.82. The second-order valence-electron chi connectivity index (χ2n) is 8.05. The van der Waals surface area contributed by atoms with Gasteiger partial charge in [0.25, 0.3) is 0 Å². The Kier molecular flexibility index (Phi) is 7.00. The van der Waals surface area contributed by atoms with Crippen LogP contribution < -0.4 is 0 Å². The van der Waals surface area contributed by atoms with Crippen LogP contribution in [-0.4, -0.2) is 22.3 Å². The van der Waals surface area contributed by atoms with E-state index in [1.807, 2.05) is 55.5 Å². The molecule has 2 atom stereocenters. The largest absolute Gasteiger partial charge is 0.418 e. The molecule has 0 aliphatic carbocycles. The third-order valence-electron chi connectivity index (χ3n) is 5.75. The van der Waals surface area contributed by atoms with E-state index in [4.69, 9.17) is 9.15 Å². The van der Waals surface area contributed by atoms with Crippen molar-refractivity contribution in [1.82, 2.24) is 15.2 Å². The minimum Gasteiger partial charge on any atom is -0.418 e. The fraction of sp³-hybridized carbons (Fsp3) is 0.269. The standard InChI is InChI=1S/C26H26N4O3/c1-17-6-4-5-7-22(17)23(15-24(30-31)21-12-13-27-18(2)14-21)19-8-10-20(11-9-19)26-29-28-25(33-26)16-32-3/h4-14,23-24H,15-16H2,1-3H3/t23-,24?/m1/s1. The number of aryl methyl sites for hydroxylation is 2. The van der Waals surface area contributed by atoms with E-state index < -0.39 is 6.04 Å². The highest BCUT2D eigenvalue weighted by molar-refractivity contribution is 5.54. The normalized spacial score (nSPS) is 12.9. The Morgan fingerprint density at radius 2 is 1.79 bits per heavy atom. The van der Waals surface area contributed by atoms with Crippen LogP contribution in [0, 0.1) is 18.8 Å². The molecule has 0 fully saturated rings. The van der Waals surface area contributed by atoms with Gasteiger partial charge < -0.3 is 9.15 Å². The summed E-state index contributed by atoms with van der Waals surface area (Å²) >= 11 is 0. The van der Waals surface area contributed by atoms with E-state index in [0.717, 1.165) is 22.4 Å². The molecule has 4 rings (SSSR count). The van der Waals surface area contributed by atoms with Crippen molar-refractivity contribution in [2.24, 2.45) is 5.18 Å². The molecule has 1 unspecified atom stereocenters. The molecule has 33 heavy (non-hydrogen) atoms. The second-order valence-corrected chi connectivity index (χ2v) is 8.05. The number of methoxy groups -OCH3 is 1. The van der Waals surface area contributed by atoms with Gasteiger partial charge in [0.05, 0.1) is 0 Å². The van der Waals surface area contributed by atoms with E-state index in [-0.39, 0.29) is 12.5 Å². The molecule has 0 bridgehead atoms. The average Bonchev–Trinajstić information content (AvgIpc) is 3.30. The maximum Gasteiger partial charge on any atom is 0.247 e. The third-order valence-corrected chi connectivity index (χ3v) is 5.75. The summed E-state index contributed by atoms with van der Waals surface area (Å²) in [6, 6.07) is 19.6. The molecule has 7 heteroatoms. The van der Waals surface area contributed by atoms with Crippen molar-refractivity contribution in [2.75, 3.05) is 7.11 Å². The molecule has 0 saturated carbocycles. The highest BCUT2D eigenvalue weighted by Crippen LogP contribution is 2.37. The van der Waals surface area contributed by atoms with E-state index in [1.54, 1.807) is 13.3 Å². The molecular weight excluding hydrogens is 416 g/mol. The van der Waals surface area contributed by atoms with Crippen LogP contribution in [0.3, 0.4) is 0 Å². The Morgan fingerprint density at radius 1 is 1.00 bits per heavy atom. The number of hydrogen-bond acceptors (Lipinski definition) is 7. The van der Waals surface area contributed by atoms with Crippen molar-refractivity contribution < 1.29 is 9.15 Å². The predicted octanol–water partition coefficient (Wildman–Crippen LogP) is 5.92. The summed E-state index contributed by atoms with van der Waals surface area (Å²) < 4.78 is 10.7. The van der Waals surface area contributed by atoms with Crippen molar-refractivity contribution >= 4 is 0 Å². The molecule has 7 nitrogen and oxygen atoms in total. The van der Waals surface area contributed by atoms with Gasteiger partial charge in [-0.3, -0.25) is 4.98 Å². The van der Waals surface area contributed by atoms with Gasteiger partial charge in [-0.25, -0.2) is 0 Å². The van der Waals surface area contributed by atoms with Gasteiger partial charge >= 0.3 is 0 Å². The molecule has 0 aliphatic rings. The van der Waals surface area contributed by atoms with Crippen molar-refractivity contribution in [3.05, 3.63) is 106 Å². The molecule has 0 N–H and O–H groups in total. The molecular formula is C26H26N4O3. The molecule has 0 spiro atoms. The smallest absolute Gasteiger partial charge is 0.247 e. The summed E-state index contributed by atoms with van der Waals surface area (Å²) in [5, 5.41) is 11.6. The van der Waals surface area contributed by atoms with Crippen molar-refractivity contribution in [3.8, 4) is 11.5 Å². The van der Waals surface area contributed by atoms with E-state index in [2.05, 4.69) is 39.4 Å². The summed E-state index contributed by atoms with van der Waals surface area (Å²) in [6.07, 6.45) is 2.28. The SMILES string of the molecule is COCc1nnc(-c2ccc([C@@H](CC(N=O)c3ccnc(C)c3)c3ccccc3C)cc2)o1. The number of hydrogen-bond donors (Lipinski definition) is 0. The maximum atomic E-state index is 11.9. The van der Waals surface area contributed by atoms with Crippen LogP contribution in [0.1, 0.15) is 52.2 Å². The lowest BCUT2D eigenvalue weighted by molar-refractivity contribution is 0.160. The van der Waals surface area contributed by atoms with Gasteiger partial charge in [-0.1, -0.05) is 41.6 Å². The van der Waals surface area contributed by atoms with Gasteiger partial charge in [0.15, 0.2) is 0 Å². The van der Waals surface area contributed by atoms with Crippen molar-refractivity contribution in [1.29, 1.82) is 0 Å². The summed E-state index contributed by atoms with van der Waals surface area (Å²) in [5.74, 6) is 0.866. The fourth-order valence-corrected chi connectivity index (χ4v) is 4.07. The lowest BCUT2D eigenvalue weighted by Gasteiger charge is -2.23. The van der Waals surface area contributed by atoms with Gasteiger partial charge in [-0.15, -0.1) is 10.2 Å². The number of nitroso groups, excluding NO2 is 1. The van der Waals surface area contributed by atoms with Crippen LogP contribution in [-0.2, 0) is 11.3 Å². The first-order valence-electron chi connectivity index (χ1n) is 10.8. The maximum absolute atomic E-state index is 11.9. The predicted molar refractivity (Wildman–Crippen MR) is 126 cm³/mol. The molecule has 2 aromatic carbocycles. The van der Waals surface area contributed by atoms with E-state index in [1.165, 1.54) is 11.1 Å². The topological polar surface area (TPSA) is 90.5 Å². The quantitative estimate of drug-likeness (QED) is 0.299. The first kappa shape index (κ1) is 22.5. The number of aromatic nitrogens is 3. The fourth-order valence-electron chi connectivity index (χ4n) is 4.07. The first-order chi connectivity index (χ1) is 16.1. The lowest BCUT2D eigenvalue weighted by Crippen LogP contribution is -2.09. The number of pyridine rings is 1. The van der Waals surface area contributed by atoms with Crippen LogP contribution in [0.2, 0.25) is 0 Å². The minimum absolute atomic E-state index is 0.0110. The highest BCUT2D eigenvalue weighted by Gasteiger charge is 2.24. The van der Waals surface area contributed by atoms with Crippen LogP contribution in [0.15, 0.2) is 76.5 Å². The summed E-state index contributed by atoms with van der Waals surface area (Å²) in [5.41, 5.74) is 6.00. The number of ether oxygens (including phenoxy) is 1. The molecule has 2 heterocycles. The molecule has 4 aromatic rings. The van der Waals surface area contributed by atoms with Crippen LogP contribution in [0.5, 0.6) is 0 Å². The summed E-state index contributed by atoms with van der Waals surface area (Å²) in [6.45, 7) is 4.28. The van der Waals surface area contributed by atoms with Gasteiger partial charge in [-0.05, 0) is 66.8 Å². The Balaban J connectivity index is 1.67. The van der Waals surface area contributed by atoms with Crippen molar-refractivity contribution in [3.63, 3.8) is 0 Å². The van der Waals surface area contributed by atoms with Gasteiger partial charge in [-0.2, -0.15) is 4.91 Å². The molecule has 0 saturated heterocycles. The number of rotatable bonds is 9. The molecule has 0 aliphatic heterocycles. The zero-order chi connectivity index (χ0) is 23.2. The molecule has 0 amide bonds. The van der Waals surface area contributed by atoms with Crippen LogP contribution in [0.4, 0.5) is 0 Å². The van der Waals surface area contributed by atoms with Gasteiger partial charge in [0.2, 0.25) is 11.8 Å². The van der Waals surface area contributed by atoms with Gasteiger partial charge in [0.1, 0.15) is 12.6 Å². The minimum atomic E-state index is -0.483. The zero-order valence-electron chi connectivity index (χ0n) is 18.9. The van der Waals surface area contributed by atoms with E-state index in [0.29, 0.717) is 18.2 Å². The van der Waals surface area contributed by atoms with Crippen LogP contribution >= 0.6 is 0 Å². The Labute approximate surface area is 192 Å². The van der Waals surface area contributed by atoms with E-state index >= 15 is 0 Å². The Bertz CT molecular complexity index is 1220. The summed E-state index contributed by atoms with van der Waals surface area (Å²) in [4.78, 5) is 16.1. The highest BCUT2D eigenvalue weighted by atomic mass is 16.5. The Hall–Kier alpha value is -3.71. The van der Waals surface area contributed by atoms with Crippen LogP contribution in [0.25, 0.3) is 11.5 Å². The average molecular weight is 443 g/mol. The Morgan fingerprint density at radius 3 is 2.48 bits per heavy atom. The zero-order valence-corrected chi connectivity index (χ0v) is 18.9. The van der Waals surface area contributed by atoms with Crippen molar-refractivity contribution in [2.45, 2.75) is 38.8 Å². The number of benzene rings is 2. The first-order valence-corrected chi connectivity index (χ1v) is 10.8. The third kappa shape index (κ3) is 5.21. The van der Waals surface area contributed by atoms with Gasteiger partial charge in [0, 0.05) is 30.5 Å².